The Morgan fingerprint density at radius 3 is 2.63 bits per heavy atom. The van der Waals surface area contributed by atoms with Gasteiger partial charge in [0.15, 0.2) is 0 Å². The molecule has 1 aromatic heterocycles. The summed E-state index contributed by atoms with van der Waals surface area (Å²) < 4.78 is 9.61. The quantitative estimate of drug-likeness (QED) is 0.850. The van der Waals surface area contributed by atoms with Crippen molar-refractivity contribution in [3.63, 3.8) is 0 Å². The Morgan fingerprint density at radius 2 is 2.11 bits per heavy atom. The molecule has 0 atom stereocenters. The van der Waals surface area contributed by atoms with Crippen LogP contribution in [-0.2, 0) is 4.79 Å². The van der Waals surface area contributed by atoms with Gasteiger partial charge in [0.05, 0.1) is 13.2 Å². The van der Waals surface area contributed by atoms with Gasteiger partial charge in [-0.2, -0.15) is 0 Å². The zero-order valence-electron chi connectivity index (χ0n) is 10.6. The van der Waals surface area contributed by atoms with Gasteiger partial charge in [-0.15, -0.1) is 0 Å². The fraction of sp³-hybridized carbons (Fsp3) is 0.583. The number of carbonyl (C=O) groups is 2. The molecular weight excluding hydrogens is 252 g/mol. The Labute approximate surface area is 109 Å². The van der Waals surface area contributed by atoms with Crippen LogP contribution in [0.5, 0.6) is 5.88 Å². The van der Waals surface area contributed by atoms with Crippen molar-refractivity contribution in [3.8, 4) is 5.88 Å². The first kappa shape index (κ1) is 13.4. The summed E-state index contributed by atoms with van der Waals surface area (Å²) in [5.41, 5.74) is -1.20. The number of carboxylic acids is 1. The monoisotopic (exact) mass is 268 g/mol. The van der Waals surface area contributed by atoms with Crippen LogP contribution < -0.4 is 10.1 Å². The lowest BCUT2D eigenvalue weighted by Crippen LogP contribution is -2.55. The second kappa shape index (κ2) is 5.29. The van der Waals surface area contributed by atoms with Gasteiger partial charge in [0.1, 0.15) is 5.54 Å². The molecule has 0 aromatic carbocycles. The number of ether oxygens (including phenoxy) is 1. The van der Waals surface area contributed by atoms with Crippen LogP contribution >= 0.6 is 0 Å². The number of hydrogen-bond donors (Lipinski definition) is 2. The van der Waals surface area contributed by atoms with E-state index in [0.29, 0.717) is 12.8 Å². The molecule has 1 aliphatic rings. The van der Waals surface area contributed by atoms with Crippen LogP contribution in [0.4, 0.5) is 0 Å². The molecule has 1 aliphatic carbocycles. The molecule has 7 heteroatoms. The van der Waals surface area contributed by atoms with Gasteiger partial charge in [0, 0.05) is 0 Å². The van der Waals surface area contributed by atoms with Crippen LogP contribution in [-0.4, -0.2) is 34.8 Å². The first-order valence-electron chi connectivity index (χ1n) is 6.14. The maximum Gasteiger partial charge on any atom is 0.329 e. The molecule has 19 heavy (non-hydrogen) atoms. The topological polar surface area (TPSA) is 102 Å². The van der Waals surface area contributed by atoms with E-state index in [1.54, 1.807) is 0 Å². The molecule has 1 fully saturated rings. The Hall–Kier alpha value is -2.05. The third-order valence-electron chi connectivity index (χ3n) is 3.39. The van der Waals surface area contributed by atoms with Crippen LogP contribution in [0.3, 0.4) is 0 Å². The minimum absolute atomic E-state index is 0.0527. The highest BCUT2D eigenvalue weighted by Crippen LogP contribution is 2.29. The molecule has 104 valence electrons. The summed E-state index contributed by atoms with van der Waals surface area (Å²) >= 11 is 0. The first-order valence-corrected chi connectivity index (χ1v) is 6.14. The molecule has 0 bridgehead atoms. The Kier molecular flexibility index (Phi) is 3.73. The predicted octanol–water partition coefficient (Wildman–Crippen LogP) is 1.20. The second-order valence-corrected chi connectivity index (χ2v) is 4.64. The Balaban J connectivity index is 2.12. The van der Waals surface area contributed by atoms with Gasteiger partial charge in [-0.05, 0) is 18.0 Å². The minimum atomic E-state index is -1.20. The van der Waals surface area contributed by atoms with E-state index in [1.807, 2.05) is 0 Å². The molecular formula is C12H16N2O5. The van der Waals surface area contributed by atoms with Crippen molar-refractivity contribution in [1.29, 1.82) is 0 Å². The lowest BCUT2D eigenvalue weighted by Gasteiger charge is -2.33. The molecule has 7 nitrogen and oxygen atoms in total. The van der Waals surface area contributed by atoms with Gasteiger partial charge in [-0.3, -0.25) is 4.79 Å². The molecule has 1 amide bonds. The fourth-order valence-electron chi connectivity index (χ4n) is 2.29. The smallest absolute Gasteiger partial charge is 0.329 e. The summed E-state index contributed by atoms with van der Waals surface area (Å²) in [6.45, 7) is 0. The maximum atomic E-state index is 12.0. The van der Waals surface area contributed by atoms with Gasteiger partial charge in [-0.25, -0.2) is 4.79 Å². The number of amides is 1. The largest absolute Gasteiger partial charge is 0.480 e. The van der Waals surface area contributed by atoms with Gasteiger partial charge in [0.2, 0.25) is 5.76 Å². The van der Waals surface area contributed by atoms with E-state index in [2.05, 4.69) is 10.5 Å². The number of aliphatic carboxylic acids is 1. The third-order valence-corrected chi connectivity index (χ3v) is 3.39. The van der Waals surface area contributed by atoms with Crippen LogP contribution in [0.15, 0.2) is 10.6 Å². The van der Waals surface area contributed by atoms with Crippen LogP contribution in [0.25, 0.3) is 0 Å². The van der Waals surface area contributed by atoms with Gasteiger partial charge >= 0.3 is 5.97 Å². The number of rotatable bonds is 4. The molecule has 1 saturated carbocycles. The summed E-state index contributed by atoms with van der Waals surface area (Å²) in [7, 11) is 1.40. The highest BCUT2D eigenvalue weighted by atomic mass is 16.5. The number of methoxy groups -OCH3 is 1. The molecule has 0 aliphatic heterocycles. The van der Waals surface area contributed by atoms with E-state index in [0.717, 1.165) is 19.3 Å². The number of nitrogens with zero attached hydrogens (tertiary/aromatic N) is 1. The zero-order valence-corrected chi connectivity index (χ0v) is 10.6. The van der Waals surface area contributed by atoms with E-state index >= 15 is 0 Å². The number of nitrogens with one attached hydrogen (secondary N) is 1. The lowest BCUT2D eigenvalue weighted by molar-refractivity contribution is -0.145. The molecule has 1 heterocycles. The van der Waals surface area contributed by atoms with Crippen molar-refractivity contribution in [3.05, 3.63) is 11.8 Å². The lowest BCUT2D eigenvalue weighted by atomic mass is 9.81. The number of carbonyl (C=O) groups excluding carboxylic acids is 1. The van der Waals surface area contributed by atoms with E-state index in [1.165, 1.54) is 13.2 Å². The number of aromatic nitrogens is 1. The summed E-state index contributed by atoms with van der Waals surface area (Å²) in [4.78, 5) is 23.4. The number of carboxylic acid groups (broad SMARTS) is 1. The summed E-state index contributed by atoms with van der Waals surface area (Å²) in [5, 5.41) is 15.4. The second-order valence-electron chi connectivity index (χ2n) is 4.64. The van der Waals surface area contributed by atoms with Crippen molar-refractivity contribution in [2.24, 2.45) is 0 Å². The highest BCUT2D eigenvalue weighted by Gasteiger charge is 2.41. The van der Waals surface area contributed by atoms with Crippen LogP contribution in [0.2, 0.25) is 0 Å². The van der Waals surface area contributed by atoms with Crippen LogP contribution in [0, 0.1) is 0 Å². The zero-order chi connectivity index (χ0) is 13.9. The van der Waals surface area contributed by atoms with Gasteiger partial charge in [-0.1, -0.05) is 19.3 Å². The van der Waals surface area contributed by atoms with Crippen molar-refractivity contribution >= 4 is 11.9 Å². The average molecular weight is 268 g/mol. The highest BCUT2D eigenvalue weighted by molar-refractivity contribution is 5.95. The van der Waals surface area contributed by atoms with Crippen molar-refractivity contribution in [1.82, 2.24) is 10.5 Å². The van der Waals surface area contributed by atoms with Gasteiger partial charge in [0.25, 0.3) is 11.8 Å². The normalized spacial score (nSPS) is 17.7. The van der Waals surface area contributed by atoms with Crippen LogP contribution in [0.1, 0.15) is 42.7 Å². The summed E-state index contributed by atoms with van der Waals surface area (Å²) in [6.07, 6.45) is 3.42. The molecule has 2 rings (SSSR count). The first-order chi connectivity index (χ1) is 9.07. The van der Waals surface area contributed by atoms with E-state index in [9.17, 15) is 14.7 Å². The fourth-order valence-corrected chi connectivity index (χ4v) is 2.29. The van der Waals surface area contributed by atoms with E-state index in [4.69, 9.17) is 9.26 Å². The molecule has 0 spiro atoms. The SMILES string of the molecule is COc1cc(C(=O)NC2(C(=O)O)CCCCC2)on1. The van der Waals surface area contributed by atoms with Crippen molar-refractivity contribution in [2.45, 2.75) is 37.6 Å². The Bertz CT molecular complexity index is 476. The minimum Gasteiger partial charge on any atom is -0.480 e. The molecule has 1 aromatic rings. The van der Waals surface area contributed by atoms with Crippen molar-refractivity contribution in [2.75, 3.05) is 7.11 Å². The molecule has 0 saturated heterocycles. The predicted molar refractivity (Wildman–Crippen MR) is 64.0 cm³/mol. The summed E-state index contributed by atoms with van der Waals surface area (Å²) in [5.74, 6) is -1.46. The standard InChI is InChI=1S/C12H16N2O5/c1-18-9-7-8(19-14-9)10(15)13-12(11(16)17)5-3-2-4-6-12/h7H,2-6H2,1H3,(H,13,15)(H,16,17). The van der Waals surface area contributed by atoms with E-state index in [-0.39, 0.29) is 11.6 Å². The number of hydrogen-bond acceptors (Lipinski definition) is 5. The molecule has 0 unspecified atom stereocenters. The van der Waals surface area contributed by atoms with Crippen molar-refractivity contribution < 1.29 is 24.0 Å². The Morgan fingerprint density at radius 1 is 1.42 bits per heavy atom. The van der Waals surface area contributed by atoms with Gasteiger partial charge < -0.3 is 19.7 Å². The van der Waals surface area contributed by atoms with E-state index < -0.39 is 17.4 Å². The summed E-state index contributed by atoms with van der Waals surface area (Å²) in [6, 6.07) is 1.33. The third kappa shape index (κ3) is 2.69. The maximum absolute atomic E-state index is 12.0. The molecule has 0 radical (unpaired) electrons. The average Bonchev–Trinajstić information content (AvgIpc) is 2.88. The molecule has 2 N–H and O–H groups in total.